The molecule has 0 radical (unpaired) electrons. The van der Waals surface area contributed by atoms with Crippen molar-refractivity contribution in [3.8, 4) is 0 Å². The highest BCUT2D eigenvalue weighted by atomic mass is 32.1. The average Bonchev–Trinajstić information content (AvgIpc) is 2.52. The predicted molar refractivity (Wildman–Crippen MR) is 109 cm³/mol. The molecule has 142 valence electrons. The Morgan fingerprint density at radius 1 is 0.960 bits per heavy atom. The Kier molecular flexibility index (Phi) is 10.6. The van der Waals surface area contributed by atoms with E-state index in [9.17, 15) is 4.79 Å². The van der Waals surface area contributed by atoms with Gasteiger partial charge in [-0.1, -0.05) is 0 Å². The van der Waals surface area contributed by atoms with E-state index >= 15 is 0 Å². The molecule has 0 bridgehead atoms. The molecule has 0 aromatic heterocycles. The molecule has 0 aliphatic heterocycles. The van der Waals surface area contributed by atoms with E-state index in [4.69, 9.17) is 29.2 Å². The van der Waals surface area contributed by atoms with E-state index in [1.165, 1.54) is 0 Å². The second-order valence-electron chi connectivity index (χ2n) is 5.88. The minimum absolute atomic E-state index is 0.330. The van der Waals surface area contributed by atoms with Crippen LogP contribution < -0.4 is 26.8 Å². The number of nitrogens with one attached hydrogen (secondary N) is 5. The maximum atomic E-state index is 11.5. The topological polar surface area (TPSA) is 111 Å². The standard InChI is InChI=1S/C14H27N7O2S2/c1-9(18-20-11(24)15-6)10(2)19-21-12(25)16-7-8-17-13(22)23-14(3,4)5/h7-8H2,1-6H3,(H,17,22)(H2,15,20,24)(H2,16,21,25)/b18-9+,19-10+. The van der Waals surface area contributed by atoms with Gasteiger partial charge in [0, 0.05) is 20.1 Å². The largest absolute Gasteiger partial charge is 0.444 e. The van der Waals surface area contributed by atoms with Gasteiger partial charge >= 0.3 is 6.09 Å². The summed E-state index contributed by atoms with van der Waals surface area (Å²) in [7, 11) is 1.70. The van der Waals surface area contributed by atoms with Crippen molar-refractivity contribution in [2.75, 3.05) is 20.1 Å². The van der Waals surface area contributed by atoms with E-state index in [2.05, 4.69) is 37.0 Å². The quantitative estimate of drug-likeness (QED) is 0.197. The Morgan fingerprint density at radius 3 is 1.92 bits per heavy atom. The van der Waals surface area contributed by atoms with Crippen LogP contribution in [0.15, 0.2) is 10.2 Å². The molecule has 0 aliphatic rings. The number of ether oxygens (including phenoxy) is 1. The van der Waals surface area contributed by atoms with Crippen LogP contribution in [0.2, 0.25) is 0 Å². The number of carbonyl (C=O) groups excluding carboxylic acids is 1. The maximum Gasteiger partial charge on any atom is 0.407 e. The van der Waals surface area contributed by atoms with Gasteiger partial charge in [0.1, 0.15) is 5.60 Å². The second-order valence-corrected chi connectivity index (χ2v) is 6.70. The molecule has 0 atom stereocenters. The average molecular weight is 390 g/mol. The van der Waals surface area contributed by atoms with Crippen LogP contribution in [-0.4, -0.2) is 53.5 Å². The number of amides is 1. The highest BCUT2D eigenvalue weighted by molar-refractivity contribution is 7.80. The van der Waals surface area contributed by atoms with Crippen LogP contribution in [0, 0.1) is 0 Å². The molecule has 11 heteroatoms. The fourth-order valence-corrected chi connectivity index (χ4v) is 1.37. The Balaban J connectivity index is 4.10. The number of alkyl carbamates (subject to hydrolysis) is 1. The molecular formula is C14H27N7O2S2. The van der Waals surface area contributed by atoms with E-state index in [0.29, 0.717) is 34.7 Å². The van der Waals surface area contributed by atoms with Crippen molar-refractivity contribution in [3.63, 3.8) is 0 Å². The van der Waals surface area contributed by atoms with Crippen LogP contribution in [-0.2, 0) is 4.74 Å². The van der Waals surface area contributed by atoms with Crippen LogP contribution in [0.25, 0.3) is 0 Å². The molecule has 0 heterocycles. The first-order chi connectivity index (χ1) is 11.5. The Bertz CT molecular complexity index is 542. The number of rotatable bonds is 6. The van der Waals surface area contributed by atoms with Crippen LogP contribution in [0.5, 0.6) is 0 Å². The fourth-order valence-electron chi connectivity index (χ4n) is 1.18. The zero-order chi connectivity index (χ0) is 19.5. The van der Waals surface area contributed by atoms with Crippen LogP contribution in [0.3, 0.4) is 0 Å². The molecule has 0 aromatic rings. The molecule has 5 N–H and O–H groups in total. The van der Waals surface area contributed by atoms with Gasteiger partial charge in [-0.25, -0.2) is 4.79 Å². The second kappa shape index (κ2) is 11.5. The number of hydrazone groups is 2. The Hall–Kier alpha value is -2.01. The zero-order valence-electron chi connectivity index (χ0n) is 15.4. The van der Waals surface area contributed by atoms with Gasteiger partial charge < -0.3 is 20.7 Å². The number of thiocarbonyl (C=S) groups is 2. The third-order valence-electron chi connectivity index (χ3n) is 2.48. The summed E-state index contributed by atoms with van der Waals surface area (Å²) in [5, 5.41) is 17.2. The Labute approximate surface area is 159 Å². The summed E-state index contributed by atoms with van der Waals surface area (Å²) >= 11 is 10.0. The van der Waals surface area contributed by atoms with Crippen LogP contribution in [0.1, 0.15) is 34.6 Å². The third-order valence-corrected chi connectivity index (χ3v) is 3.01. The highest BCUT2D eigenvalue weighted by Crippen LogP contribution is 2.05. The molecule has 0 aromatic carbocycles. The summed E-state index contributed by atoms with van der Waals surface area (Å²) in [6, 6.07) is 0. The van der Waals surface area contributed by atoms with Crippen LogP contribution >= 0.6 is 24.4 Å². The van der Waals surface area contributed by atoms with Crippen molar-refractivity contribution in [1.82, 2.24) is 26.8 Å². The molecule has 25 heavy (non-hydrogen) atoms. The zero-order valence-corrected chi connectivity index (χ0v) is 17.1. The number of nitrogens with zero attached hydrogens (tertiary/aromatic N) is 2. The number of hydrogen-bond acceptors (Lipinski definition) is 6. The summed E-state index contributed by atoms with van der Waals surface area (Å²) in [5.74, 6) is 0. The fraction of sp³-hybridized carbons (Fsp3) is 0.643. The maximum absolute atomic E-state index is 11.5. The van der Waals surface area contributed by atoms with E-state index < -0.39 is 11.7 Å². The van der Waals surface area contributed by atoms with Crippen molar-refractivity contribution in [2.45, 2.75) is 40.2 Å². The first-order valence-corrected chi connectivity index (χ1v) is 8.44. The smallest absolute Gasteiger partial charge is 0.407 e. The molecule has 9 nitrogen and oxygen atoms in total. The minimum atomic E-state index is -0.522. The summed E-state index contributed by atoms with van der Waals surface area (Å²) in [4.78, 5) is 11.5. The van der Waals surface area contributed by atoms with Gasteiger partial charge in [-0.2, -0.15) is 10.2 Å². The molecule has 0 aliphatic carbocycles. The molecular weight excluding hydrogens is 362 g/mol. The Morgan fingerprint density at radius 2 is 1.44 bits per heavy atom. The lowest BCUT2D eigenvalue weighted by atomic mass is 10.2. The summed E-state index contributed by atoms with van der Waals surface area (Å²) < 4.78 is 5.12. The molecule has 0 fully saturated rings. The van der Waals surface area contributed by atoms with Gasteiger partial charge in [-0.05, 0) is 59.1 Å². The molecule has 0 saturated carbocycles. The highest BCUT2D eigenvalue weighted by Gasteiger charge is 2.15. The SMILES string of the molecule is CNC(=S)N/N=C(C)/C(C)=N/NC(=S)NCCNC(=O)OC(C)(C)C. The van der Waals surface area contributed by atoms with E-state index in [0.717, 1.165) is 0 Å². The van der Waals surface area contributed by atoms with Gasteiger partial charge in [0.05, 0.1) is 11.4 Å². The molecule has 0 spiro atoms. The minimum Gasteiger partial charge on any atom is -0.444 e. The first kappa shape index (κ1) is 23.0. The van der Waals surface area contributed by atoms with E-state index in [1.807, 2.05) is 0 Å². The van der Waals surface area contributed by atoms with Gasteiger partial charge in [0.2, 0.25) is 0 Å². The summed E-state index contributed by atoms with van der Waals surface area (Å²) in [6.45, 7) is 9.78. The lowest BCUT2D eigenvalue weighted by Crippen LogP contribution is -2.40. The van der Waals surface area contributed by atoms with Gasteiger partial charge in [-0.15, -0.1) is 0 Å². The number of hydrogen-bond donors (Lipinski definition) is 5. The number of carbonyl (C=O) groups is 1. The van der Waals surface area contributed by atoms with Crippen molar-refractivity contribution in [1.29, 1.82) is 0 Å². The molecule has 0 unspecified atom stereocenters. The monoisotopic (exact) mass is 389 g/mol. The normalized spacial score (nSPS) is 12.1. The lowest BCUT2D eigenvalue weighted by Gasteiger charge is -2.19. The van der Waals surface area contributed by atoms with Crippen LogP contribution in [0.4, 0.5) is 4.79 Å². The van der Waals surface area contributed by atoms with Crippen molar-refractivity contribution < 1.29 is 9.53 Å². The van der Waals surface area contributed by atoms with Gasteiger partial charge in [-0.3, -0.25) is 10.9 Å². The van der Waals surface area contributed by atoms with E-state index in [1.54, 1.807) is 41.7 Å². The summed E-state index contributed by atoms with van der Waals surface area (Å²) in [5.41, 5.74) is 6.14. The summed E-state index contributed by atoms with van der Waals surface area (Å²) in [6.07, 6.45) is -0.471. The predicted octanol–water partition coefficient (Wildman–Crippen LogP) is 0.821. The van der Waals surface area contributed by atoms with Crippen molar-refractivity contribution in [2.24, 2.45) is 10.2 Å². The van der Waals surface area contributed by atoms with Crippen molar-refractivity contribution in [3.05, 3.63) is 0 Å². The molecule has 1 amide bonds. The van der Waals surface area contributed by atoms with Gasteiger partial charge in [0.25, 0.3) is 0 Å². The first-order valence-electron chi connectivity index (χ1n) is 7.62. The third kappa shape index (κ3) is 13.0. The molecule has 0 rings (SSSR count). The van der Waals surface area contributed by atoms with Gasteiger partial charge in [0.15, 0.2) is 10.2 Å². The van der Waals surface area contributed by atoms with Crippen molar-refractivity contribution >= 4 is 52.2 Å². The molecule has 0 saturated heterocycles. The lowest BCUT2D eigenvalue weighted by molar-refractivity contribution is 0.0529. The van der Waals surface area contributed by atoms with E-state index in [-0.39, 0.29) is 0 Å².